The number of nitrogens with two attached hydrogens (primary N) is 1. The van der Waals surface area contributed by atoms with E-state index in [1.807, 2.05) is 0 Å². The summed E-state index contributed by atoms with van der Waals surface area (Å²) in [4.78, 5) is 2.45. The average molecular weight is 154 g/mol. The van der Waals surface area contributed by atoms with Crippen molar-refractivity contribution < 1.29 is 0 Å². The Kier molecular flexibility index (Phi) is 3.09. The fraction of sp³-hybridized carbons (Fsp3) is 0.778. The van der Waals surface area contributed by atoms with Crippen LogP contribution in [0.4, 0.5) is 0 Å². The summed E-state index contributed by atoms with van der Waals surface area (Å²) in [5, 5.41) is 0. The molecule has 1 rings (SSSR count). The molecule has 0 aliphatic carbocycles. The van der Waals surface area contributed by atoms with Gasteiger partial charge in [-0.25, -0.2) is 0 Å². The molecule has 2 N–H and O–H groups in total. The topological polar surface area (TPSA) is 29.3 Å². The second-order valence-corrected chi connectivity index (χ2v) is 3.15. The maximum atomic E-state index is 5.54. The standard InChI is InChI=1S/C9H18N2/c1-3-11-6-4-5-9(11)8(2)7-10/h9H,2-7,10H2,1H3. The molecule has 0 bridgehead atoms. The van der Waals surface area contributed by atoms with Crippen LogP contribution in [0.15, 0.2) is 12.2 Å². The number of hydrogen-bond donors (Lipinski definition) is 1. The fourth-order valence-electron chi connectivity index (χ4n) is 1.80. The highest BCUT2D eigenvalue weighted by atomic mass is 15.2. The number of likely N-dealkylation sites (N-methyl/N-ethyl adjacent to an activating group) is 1. The van der Waals surface area contributed by atoms with E-state index >= 15 is 0 Å². The molecule has 0 amide bonds. The summed E-state index contributed by atoms with van der Waals surface area (Å²) in [5.74, 6) is 0. The number of rotatable bonds is 3. The van der Waals surface area contributed by atoms with E-state index in [2.05, 4.69) is 18.4 Å². The van der Waals surface area contributed by atoms with E-state index < -0.39 is 0 Å². The SMILES string of the molecule is C=C(CN)C1CCCN1CC. The molecular weight excluding hydrogens is 136 g/mol. The highest BCUT2D eigenvalue weighted by molar-refractivity contribution is 5.09. The number of likely N-dealkylation sites (tertiary alicyclic amines) is 1. The largest absolute Gasteiger partial charge is 0.327 e. The van der Waals surface area contributed by atoms with Gasteiger partial charge in [-0.1, -0.05) is 13.5 Å². The van der Waals surface area contributed by atoms with E-state index in [-0.39, 0.29) is 0 Å². The minimum Gasteiger partial charge on any atom is -0.327 e. The highest BCUT2D eigenvalue weighted by Gasteiger charge is 2.23. The minimum atomic E-state index is 0.574. The van der Waals surface area contributed by atoms with Crippen molar-refractivity contribution in [2.75, 3.05) is 19.6 Å². The van der Waals surface area contributed by atoms with E-state index in [1.54, 1.807) is 0 Å². The summed E-state index contributed by atoms with van der Waals surface area (Å²) in [5.41, 5.74) is 6.74. The molecule has 2 heteroatoms. The van der Waals surface area contributed by atoms with Crippen molar-refractivity contribution >= 4 is 0 Å². The van der Waals surface area contributed by atoms with E-state index in [1.165, 1.54) is 25.0 Å². The van der Waals surface area contributed by atoms with Gasteiger partial charge >= 0.3 is 0 Å². The van der Waals surface area contributed by atoms with Crippen LogP contribution in [0.2, 0.25) is 0 Å². The van der Waals surface area contributed by atoms with Crippen LogP contribution in [-0.4, -0.2) is 30.6 Å². The van der Waals surface area contributed by atoms with Crippen LogP contribution in [0.5, 0.6) is 0 Å². The summed E-state index contributed by atoms with van der Waals surface area (Å²) in [7, 11) is 0. The third-order valence-corrected chi connectivity index (χ3v) is 2.50. The molecule has 0 spiro atoms. The van der Waals surface area contributed by atoms with Gasteiger partial charge in [0.05, 0.1) is 0 Å². The second kappa shape index (κ2) is 3.88. The first kappa shape index (κ1) is 8.75. The Morgan fingerprint density at radius 1 is 1.73 bits per heavy atom. The van der Waals surface area contributed by atoms with Crippen molar-refractivity contribution in [2.24, 2.45) is 5.73 Å². The zero-order chi connectivity index (χ0) is 8.27. The first-order valence-corrected chi connectivity index (χ1v) is 4.41. The Labute approximate surface area is 69.1 Å². The Morgan fingerprint density at radius 3 is 3.00 bits per heavy atom. The fourth-order valence-corrected chi connectivity index (χ4v) is 1.80. The summed E-state index contributed by atoms with van der Waals surface area (Å²) < 4.78 is 0. The zero-order valence-corrected chi connectivity index (χ0v) is 7.34. The van der Waals surface area contributed by atoms with Gasteiger partial charge in [-0.2, -0.15) is 0 Å². The maximum Gasteiger partial charge on any atom is 0.0317 e. The van der Waals surface area contributed by atoms with Gasteiger partial charge < -0.3 is 5.73 Å². The lowest BCUT2D eigenvalue weighted by Crippen LogP contribution is -2.32. The summed E-state index contributed by atoms with van der Waals surface area (Å²) in [6, 6.07) is 0.574. The van der Waals surface area contributed by atoms with Crippen molar-refractivity contribution in [2.45, 2.75) is 25.8 Å². The van der Waals surface area contributed by atoms with Crippen LogP contribution in [0.25, 0.3) is 0 Å². The Morgan fingerprint density at radius 2 is 2.45 bits per heavy atom. The van der Waals surface area contributed by atoms with E-state index in [0.29, 0.717) is 12.6 Å². The molecule has 1 unspecified atom stereocenters. The van der Waals surface area contributed by atoms with Gasteiger partial charge in [-0.15, -0.1) is 0 Å². The highest BCUT2D eigenvalue weighted by Crippen LogP contribution is 2.21. The molecule has 2 nitrogen and oxygen atoms in total. The quantitative estimate of drug-likeness (QED) is 0.614. The maximum absolute atomic E-state index is 5.54. The molecular formula is C9H18N2. The van der Waals surface area contributed by atoms with E-state index in [0.717, 1.165) is 6.54 Å². The zero-order valence-electron chi connectivity index (χ0n) is 7.34. The Hall–Kier alpha value is -0.340. The Bertz CT molecular complexity index is 142. The van der Waals surface area contributed by atoms with E-state index in [4.69, 9.17) is 5.73 Å². The number of hydrogen-bond acceptors (Lipinski definition) is 2. The minimum absolute atomic E-state index is 0.574. The van der Waals surface area contributed by atoms with Crippen LogP contribution in [0.3, 0.4) is 0 Å². The lowest BCUT2D eigenvalue weighted by Gasteiger charge is -2.23. The van der Waals surface area contributed by atoms with Crippen LogP contribution in [0.1, 0.15) is 19.8 Å². The molecule has 0 aromatic carbocycles. The third kappa shape index (κ3) is 1.82. The molecule has 64 valence electrons. The molecule has 11 heavy (non-hydrogen) atoms. The lowest BCUT2D eigenvalue weighted by molar-refractivity contribution is 0.295. The van der Waals surface area contributed by atoms with Crippen molar-refractivity contribution in [1.82, 2.24) is 4.90 Å². The summed E-state index contributed by atoms with van der Waals surface area (Å²) in [6.45, 7) is 9.17. The molecule has 0 aromatic heterocycles. The van der Waals surface area contributed by atoms with Gasteiger partial charge in [0.25, 0.3) is 0 Å². The van der Waals surface area contributed by atoms with Crippen LogP contribution >= 0.6 is 0 Å². The first-order chi connectivity index (χ1) is 5.29. The number of nitrogens with zero attached hydrogens (tertiary/aromatic N) is 1. The molecule has 0 aromatic rings. The monoisotopic (exact) mass is 154 g/mol. The normalized spacial score (nSPS) is 25.8. The van der Waals surface area contributed by atoms with Crippen molar-refractivity contribution in [3.8, 4) is 0 Å². The van der Waals surface area contributed by atoms with Gasteiger partial charge in [0, 0.05) is 12.6 Å². The Balaban J connectivity index is 2.49. The van der Waals surface area contributed by atoms with Crippen LogP contribution in [0, 0.1) is 0 Å². The summed E-state index contributed by atoms with van der Waals surface area (Å²) in [6.07, 6.45) is 2.56. The van der Waals surface area contributed by atoms with Crippen molar-refractivity contribution in [3.05, 3.63) is 12.2 Å². The predicted octanol–water partition coefficient (Wildman–Crippen LogP) is 0.986. The lowest BCUT2D eigenvalue weighted by atomic mass is 10.1. The van der Waals surface area contributed by atoms with Gasteiger partial charge in [-0.05, 0) is 31.5 Å². The van der Waals surface area contributed by atoms with E-state index in [9.17, 15) is 0 Å². The van der Waals surface area contributed by atoms with Gasteiger partial charge in [-0.3, -0.25) is 4.90 Å². The van der Waals surface area contributed by atoms with Crippen molar-refractivity contribution in [1.29, 1.82) is 0 Å². The summed E-state index contributed by atoms with van der Waals surface area (Å²) >= 11 is 0. The van der Waals surface area contributed by atoms with Crippen LogP contribution < -0.4 is 5.73 Å². The molecule has 1 aliphatic heterocycles. The second-order valence-electron chi connectivity index (χ2n) is 3.15. The van der Waals surface area contributed by atoms with Crippen LogP contribution in [-0.2, 0) is 0 Å². The molecule has 1 heterocycles. The average Bonchev–Trinajstić information content (AvgIpc) is 2.50. The molecule has 1 aliphatic rings. The molecule has 1 atom stereocenters. The molecule has 1 saturated heterocycles. The first-order valence-electron chi connectivity index (χ1n) is 4.41. The van der Waals surface area contributed by atoms with Gasteiger partial charge in [0.2, 0.25) is 0 Å². The third-order valence-electron chi connectivity index (χ3n) is 2.50. The molecule has 1 fully saturated rings. The van der Waals surface area contributed by atoms with Gasteiger partial charge in [0.15, 0.2) is 0 Å². The molecule has 0 saturated carbocycles. The van der Waals surface area contributed by atoms with Gasteiger partial charge in [0.1, 0.15) is 0 Å². The smallest absolute Gasteiger partial charge is 0.0317 e. The van der Waals surface area contributed by atoms with Crippen molar-refractivity contribution in [3.63, 3.8) is 0 Å². The predicted molar refractivity (Wildman–Crippen MR) is 48.5 cm³/mol. The molecule has 0 radical (unpaired) electrons.